The number of nitrogens with one attached hydrogen (secondary N) is 1. The number of nitrogens with zero attached hydrogens (tertiary/aromatic N) is 2. The topological polar surface area (TPSA) is 55.8 Å². The molecule has 3 rings (SSSR count). The first-order valence-electron chi connectivity index (χ1n) is 8.34. The average molecular weight is 335 g/mol. The number of benzene rings is 1. The molecule has 0 aliphatic carbocycles. The molecule has 6 heteroatoms. The Labute approximate surface area is 142 Å². The highest BCUT2D eigenvalue weighted by atomic mass is 32.2. The van der Waals surface area contributed by atoms with Crippen molar-refractivity contribution in [1.29, 1.82) is 0 Å². The fourth-order valence-corrected chi connectivity index (χ4v) is 4.17. The van der Waals surface area contributed by atoms with Gasteiger partial charge in [-0.15, -0.1) is 0 Å². The predicted molar refractivity (Wildman–Crippen MR) is 93.8 cm³/mol. The van der Waals surface area contributed by atoms with E-state index in [2.05, 4.69) is 10.2 Å². The zero-order chi connectivity index (χ0) is 16.1. The van der Waals surface area contributed by atoms with Gasteiger partial charge in [0, 0.05) is 43.7 Å². The molecule has 126 valence electrons. The molecular formula is C17H25N3O2S. The molecule has 2 fully saturated rings. The van der Waals surface area contributed by atoms with E-state index in [1.807, 2.05) is 34.9 Å². The maximum atomic E-state index is 12.3. The van der Waals surface area contributed by atoms with Gasteiger partial charge in [-0.25, -0.2) is 4.79 Å². The maximum Gasteiger partial charge on any atom is 0.317 e. The van der Waals surface area contributed by atoms with E-state index in [4.69, 9.17) is 0 Å². The number of hydrogen-bond donors (Lipinski definition) is 2. The van der Waals surface area contributed by atoms with Crippen LogP contribution in [0.4, 0.5) is 4.79 Å². The van der Waals surface area contributed by atoms with E-state index in [-0.39, 0.29) is 12.1 Å². The molecule has 0 bridgehead atoms. The van der Waals surface area contributed by atoms with Gasteiger partial charge in [0.2, 0.25) is 0 Å². The number of carbonyl (C=O) groups excluding carboxylic acids is 1. The zero-order valence-electron chi connectivity index (χ0n) is 13.4. The van der Waals surface area contributed by atoms with E-state index in [9.17, 15) is 9.90 Å². The molecule has 2 heterocycles. The molecule has 2 amide bonds. The molecule has 2 N–H and O–H groups in total. The monoisotopic (exact) mass is 335 g/mol. The summed E-state index contributed by atoms with van der Waals surface area (Å²) in [6.45, 7) is 4.46. The van der Waals surface area contributed by atoms with E-state index >= 15 is 0 Å². The van der Waals surface area contributed by atoms with Crippen molar-refractivity contribution in [1.82, 2.24) is 15.1 Å². The summed E-state index contributed by atoms with van der Waals surface area (Å²) in [6.07, 6.45) is 2.14. The quantitative estimate of drug-likeness (QED) is 0.888. The second kappa shape index (κ2) is 7.93. The van der Waals surface area contributed by atoms with Gasteiger partial charge >= 0.3 is 6.03 Å². The first-order chi connectivity index (χ1) is 11.2. The van der Waals surface area contributed by atoms with E-state index in [0.717, 1.165) is 62.6 Å². The van der Waals surface area contributed by atoms with Gasteiger partial charge in [-0.2, -0.15) is 11.8 Å². The molecule has 0 saturated carbocycles. The van der Waals surface area contributed by atoms with Crippen LogP contribution in [0.5, 0.6) is 5.75 Å². The standard InChI is InChI=1S/C17H25N3O2S/c21-16-5-1-3-14(11-16)12-19-6-2-4-15(13-19)18-17(22)20-7-9-23-10-8-20/h1,3,5,11,15,21H,2,4,6-10,12-13H2,(H,18,22)/t15-/m1/s1. The Kier molecular flexibility index (Phi) is 5.67. The lowest BCUT2D eigenvalue weighted by molar-refractivity contribution is 0.165. The number of phenolic OH excluding ortho intramolecular Hbond substituents is 1. The van der Waals surface area contributed by atoms with Gasteiger partial charge in [0.25, 0.3) is 0 Å². The SMILES string of the molecule is O=C(N[C@@H]1CCCN(Cc2cccc(O)c2)C1)N1CCSCC1. The number of rotatable bonds is 3. The van der Waals surface area contributed by atoms with Crippen LogP contribution in [0.15, 0.2) is 24.3 Å². The summed E-state index contributed by atoms with van der Waals surface area (Å²) in [5.74, 6) is 2.40. The van der Waals surface area contributed by atoms with Gasteiger partial charge < -0.3 is 15.3 Å². The summed E-state index contributed by atoms with van der Waals surface area (Å²) in [6, 6.07) is 7.74. The van der Waals surface area contributed by atoms with Crippen LogP contribution in [0.25, 0.3) is 0 Å². The molecule has 0 aromatic heterocycles. The smallest absolute Gasteiger partial charge is 0.317 e. The van der Waals surface area contributed by atoms with Gasteiger partial charge in [-0.1, -0.05) is 12.1 Å². The highest BCUT2D eigenvalue weighted by Crippen LogP contribution is 2.17. The minimum absolute atomic E-state index is 0.0921. The average Bonchev–Trinajstić information content (AvgIpc) is 2.56. The number of likely N-dealkylation sites (tertiary alicyclic amines) is 1. The predicted octanol–water partition coefficient (Wildman–Crippen LogP) is 2.12. The molecule has 1 atom stereocenters. The number of aromatic hydroxyl groups is 1. The lowest BCUT2D eigenvalue weighted by atomic mass is 10.0. The van der Waals surface area contributed by atoms with Gasteiger partial charge in [-0.3, -0.25) is 4.90 Å². The van der Waals surface area contributed by atoms with E-state index in [1.54, 1.807) is 6.07 Å². The Morgan fingerprint density at radius 3 is 2.91 bits per heavy atom. The van der Waals surface area contributed by atoms with Crippen molar-refractivity contribution < 1.29 is 9.90 Å². The van der Waals surface area contributed by atoms with Gasteiger partial charge in [0.15, 0.2) is 0 Å². The Bertz CT molecular complexity index is 534. The molecule has 2 saturated heterocycles. The lowest BCUT2D eigenvalue weighted by Crippen LogP contribution is -2.52. The second-order valence-corrected chi connectivity index (χ2v) is 7.52. The summed E-state index contributed by atoms with van der Waals surface area (Å²) in [5, 5.41) is 12.8. The van der Waals surface area contributed by atoms with Crippen LogP contribution in [0.3, 0.4) is 0 Å². The highest BCUT2D eigenvalue weighted by molar-refractivity contribution is 7.99. The molecule has 0 radical (unpaired) electrons. The number of hydrogen-bond acceptors (Lipinski definition) is 4. The molecular weight excluding hydrogens is 310 g/mol. The van der Waals surface area contributed by atoms with E-state index in [1.165, 1.54) is 0 Å². The first-order valence-corrected chi connectivity index (χ1v) is 9.49. The highest BCUT2D eigenvalue weighted by Gasteiger charge is 2.24. The Hall–Kier alpha value is -1.40. The third-order valence-corrected chi connectivity index (χ3v) is 5.39. The normalized spacial score (nSPS) is 22.8. The fraction of sp³-hybridized carbons (Fsp3) is 0.588. The van der Waals surface area contributed by atoms with Crippen LogP contribution in [0, 0.1) is 0 Å². The van der Waals surface area contributed by atoms with E-state index in [0.29, 0.717) is 5.75 Å². The third kappa shape index (κ3) is 4.78. The van der Waals surface area contributed by atoms with Gasteiger partial charge in [0.05, 0.1) is 0 Å². The fourth-order valence-electron chi connectivity index (χ4n) is 3.26. The van der Waals surface area contributed by atoms with Gasteiger partial charge in [0.1, 0.15) is 5.75 Å². The van der Waals surface area contributed by atoms with Crippen molar-refractivity contribution >= 4 is 17.8 Å². The minimum atomic E-state index is 0.0921. The Morgan fingerprint density at radius 1 is 1.30 bits per heavy atom. The summed E-state index contributed by atoms with van der Waals surface area (Å²) < 4.78 is 0. The largest absolute Gasteiger partial charge is 0.508 e. The molecule has 2 aliphatic rings. The van der Waals surface area contributed by atoms with Crippen LogP contribution < -0.4 is 5.32 Å². The number of amides is 2. The lowest BCUT2D eigenvalue weighted by Gasteiger charge is -2.35. The summed E-state index contributed by atoms with van der Waals surface area (Å²) in [7, 11) is 0. The Morgan fingerprint density at radius 2 is 2.13 bits per heavy atom. The number of urea groups is 1. The zero-order valence-corrected chi connectivity index (χ0v) is 14.2. The van der Waals surface area contributed by atoms with Crippen LogP contribution in [-0.2, 0) is 6.54 Å². The number of carbonyl (C=O) groups is 1. The number of phenols is 1. The van der Waals surface area contributed by atoms with Crippen molar-refractivity contribution in [3.8, 4) is 5.75 Å². The van der Waals surface area contributed by atoms with Crippen molar-refractivity contribution in [2.75, 3.05) is 37.7 Å². The maximum absolute atomic E-state index is 12.3. The summed E-state index contributed by atoms with van der Waals surface area (Å²) in [4.78, 5) is 16.6. The van der Waals surface area contributed by atoms with Gasteiger partial charge in [-0.05, 0) is 37.1 Å². The van der Waals surface area contributed by atoms with Crippen LogP contribution in [0.1, 0.15) is 18.4 Å². The Balaban J connectivity index is 1.50. The van der Waals surface area contributed by atoms with Crippen molar-refractivity contribution in [3.05, 3.63) is 29.8 Å². The molecule has 0 spiro atoms. The van der Waals surface area contributed by atoms with Crippen LogP contribution in [-0.4, -0.2) is 64.7 Å². The minimum Gasteiger partial charge on any atom is -0.508 e. The first kappa shape index (κ1) is 16.5. The molecule has 5 nitrogen and oxygen atoms in total. The second-order valence-electron chi connectivity index (χ2n) is 6.29. The number of piperidine rings is 1. The summed E-state index contributed by atoms with van der Waals surface area (Å²) in [5.41, 5.74) is 1.12. The van der Waals surface area contributed by atoms with Crippen molar-refractivity contribution in [2.24, 2.45) is 0 Å². The van der Waals surface area contributed by atoms with Crippen molar-refractivity contribution in [2.45, 2.75) is 25.4 Å². The van der Waals surface area contributed by atoms with Crippen LogP contribution >= 0.6 is 11.8 Å². The summed E-state index contributed by atoms with van der Waals surface area (Å²) >= 11 is 1.91. The third-order valence-electron chi connectivity index (χ3n) is 4.45. The molecule has 0 unspecified atom stereocenters. The molecule has 23 heavy (non-hydrogen) atoms. The molecule has 1 aromatic carbocycles. The molecule has 1 aromatic rings. The van der Waals surface area contributed by atoms with E-state index < -0.39 is 0 Å². The van der Waals surface area contributed by atoms with Crippen molar-refractivity contribution in [3.63, 3.8) is 0 Å². The molecule has 2 aliphatic heterocycles. The number of thioether (sulfide) groups is 1. The van der Waals surface area contributed by atoms with Crippen LogP contribution in [0.2, 0.25) is 0 Å².